The molecule has 3 aliphatic rings. The lowest BCUT2D eigenvalue weighted by atomic mass is 9.60. The molecule has 2 fully saturated rings. The molecule has 5 rings (SSSR count). The van der Waals surface area contributed by atoms with Crippen LogP contribution in [-0.2, 0) is 15.2 Å². The van der Waals surface area contributed by atoms with E-state index in [2.05, 4.69) is 17.1 Å². The number of rotatable bonds is 4. The van der Waals surface area contributed by atoms with Crippen LogP contribution in [-0.4, -0.2) is 36.1 Å². The molecule has 0 amide bonds. The van der Waals surface area contributed by atoms with Crippen LogP contribution in [0.4, 0.5) is 22.0 Å². The number of likely N-dealkylation sites (tertiary alicyclic amines) is 1. The van der Waals surface area contributed by atoms with Gasteiger partial charge in [0.1, 0.15) is 6.10 Å². The van der Waals surface area contributed by atoms with Crippen molar-refractivity contribution in [3.05, 3.63) is 82.9 Å². The fraction of sp³-hybridized carbons (Fsp3) is 0.348. The van der Waals surface area contributed by atoms with Gasteiger partial charge in [-0.2, -0.15) is 0 Å². The smallest absolute Gasteiger partial charge is 0.353 e. The summed E-state index contributed by atoms with van der Waals surface area (Å²) in [6.45, 7) is 0. The standard InChI is InChI=1S/C23H18F5NO2/c1-29-19-6-7-22(19)11-14(10-20(22)29)31-21(30)23(28,12-2-4-15(24)17(26)8-12)13-3-5-16(25)18(27)9-13/h2-9,14,19-20H,10-11H2,1H3/t14-,19?,20?,22?/m0/s1. The van der Waals surface area contributed by atoms with Crippen LogP contribution in [0.3, 0.4) is 0 Å². The van der Waals surface area contributed by atoms with Crippen LogP contribution in [0.25, 0.3) is 0 Å². The zero-order chi connectivity index (χ0) is 22.1. The third kappa shape index (κ3) is 2.70. The summed E-state index contributed by atoms with van der Waals surface area (Å²) >= 11 is 0. The summed E-state index contributed by atoms with van der Waals surface area (Å²) in [7, 11) is 1.96. The Hall–Kier alpha value is -2.74. The molecule has 8 heteroatoms. The molecule has 2 aromatic rings. The number of hydrogen-bond acceptors (Lipinski definition) is 3. The van der Waals surface area contributed by atoms with Gasteiger partial charge in [0, 0.05) is 35.0 Å². The maximum absolute atomic E-state index is 16.3. The first-order valence-electron chi connectivity index (χ1n) is 9.89. The Labute approximate surface area is 175 Å². The first-order valence-corrected chi connectivity index (χ1v) is 9.89. The molecule has 1 aliphatic heterocycles. The van der Waals surface area contributed by atoms with E-state index in [1.165, 1.54) is 0 Å². The Morgan fingerprint density at radius 1 is 1.03 bits per heavy atom. The van der Waals surface area contributed by atoms with Crippen molar-refractivity contribution in [2.75, 3.05) is 7.05 Å². The Morgan fingerprint density at radius 2 is 1.61 bits per heavy atom. The Kier molecular flexibility index (Phi) is 4.31. The average Bonchev–Trinajstić information content (AvgIpc) is 3.10. The molecule has 3 nitrogen and oxygen atoms in total. The molecule has 0 N–H and O–H groups in total. The van der Waals surface area contributed by atoms with Crippen molar-refractivity contribution in [2.45, 2.75) is 36.7 Å². The van der Waals surface area contributed by atoms with Gasteiger partial charge in [-0.1, -0.05) is 24.3 Å². The van der Waals surface area contributed by atoms with Gasteiger partial charge in [-0.15, -0.1) is 0 Å². The summed E-state index contributed by atoms with van der Waals surface area (Å²) in [5.41, 5.74) is -4.38. The molecule has 2 aromatic carbocycles. The molecule has 3 unspecified atom stereocenters. The second-order valence-corrected chi connectivity index (χ2v) is 8.48. The normalized spacial score (nSPS) is 29.0. The van der Waals surface area contributed by atoms with Crippen molar-refractivity contribution in [1.29, 1.82) is 0 Å². The summed E-state index contributed by atoms with van der Waals surface area (Å²) in [5.74, 6) is -6.60. The Balaban J connectivity index is 1.49. The minimum absolute atomic E-state index is 0.0946. The number of ether oxygens (including phenoxy) is 1. The highest BCUT2D eigenvalue weighted by Gasteiger charge is 2.66. The van der Waals surface area contributed by atoms with E-state index in [0.717, 1.165) is 12.1 Å². The number of carbonyl (C=O) groups is 1. The van der Waals surface area contributed by atoms with E-state index < -0.39 is 52.1 Å². The SMILES string of the molecule is CN1C2C=CC23C[C@@H](OC(=O)C(F)(c2ccc(F)c(F)c2)c2ccc(F)c(F)c2)CC13. The van der Waals surface area contributed by atoms with Crippen molar-refractivity contribution in [1.82, 2.24) is 4.90 Å². The van der Waals surface area contributed by atoms with Gasteiger partial charge in [-0.05, 0) is 37.7 Å². The Bertz CT molecular complexity index is 1070. The molecular formula is C23H18F5NO2. The number of carbonyl (C=O) groups excluding carboxylic acids is 1. The van der Waals surface area contributed by atoms with E-state index in [1.807, 2.05) is 7.05 Å². The second kappa shape index (κ2) is 6.63. The van der Waals surface area contributed by atoms with Crippen LogP contribution in [0.2, 0.25) is 0 Å². The summed E-state index contributed by atoms with van der Waals surface area (Å²) in [4.78, 5) is 15.2. The van der Waals surface area contributed by atoms with E-state index in [0.29, 0.717) is 37.1 Å². The van der Waals surface area contributed by atoms with Gasteiger partial charge in [-0.25, -0.2) is 26.7 Å². The molecule has 1 saturated heterocycles. The van der Waals surface area contributed by atoms with Crippen LogP contribution in [0.1, 0.15) is 24.0 Å². The number of likely N-dealkylation sites (N-methyl/N-ethyl adjacent to an activating group) is 1. The van der Waals surface area contributed by atoms with Crippen LogP contribution in [0.5, 0.6) is 0 Å². The number of nitrogens with zero attached hydrogens (tertiary/aromatic N) is 1. The summed E-state index contributed by atoms with van der Waals surface area (Å²) in [6, 6.07) is 4.57. The van der Waals surface area contributed by atoms with E-state index >= 15 is 4.39 Å². The fourth-order valence-corrected chi connectivity index (χ4v) is 5.33. The predicted molar refractivity (Wildman–Crippen MR) is 101 cm³/mol. The lowest BCUT2D eigenvalue weighted by Gasteiger charge is -2.62. The average molecular weight is 435 g/mol. The number of benzene rings is 2. The summed E-state index contributed by atoms with van der Waals surface area (Å²) in [6.07, 6.45) is 4.54. The van der Waals surface area contributed by atoms with Crippen LogP contribution in [0, 0.1) is 28.7 Å². The first kappa shape index (κ1) is 20.2. The van der Waals surface area contributed by atoms with Gasteiger partial charge in [0.15, 0.2) is 23.3 Å². The minimum Gasteiger partial charge on any atom is -0.459 e. The number of hydrogen-bond donors (Lipinski definition) is 0. The van der Waals surface area contributed by atoms with Gasteiger partial charge in [-0.3, -0.25) is 4.90 Å². The van der Waals surface area contributed by atoms with Crippen LogP contribution >= 0.6 is 0 Å². The summed E-state index contributed by atoms with van der Waals surface area (Å²) in [5, 5.41) is 0. The zero-order valence-corrected chi connectivity index (χ0v) is 16.4. The maximum Gasteiger partial charge on any atom is 0.353 e. The topological polar surface area (TPSA) is 29.5 Å². The lowest BCUT2D eigenvalue weighted by Crippen LogP contribution is -2.69. The summed E-state index contributed by atoms with van der Waals surface area (Å²) < 4.78 is 76.4. The van der Waals surface area contributed by atoms with Crippen molar-refractivity contribution in [3.63, 3.8) is 0 Å². The maximum atomic E-state index is 16.3. The molecular weight excluding hydrogens is 417 g/mol. The minimum atomic E-state index is -3.15. The fourth-order valence-electron chi connectivity index (χ4n) is 5.33. The molecule has 4 atom stereocenters. The third-order valence-corrected chi connectivity index (χ3v) is 6.95. The van der Waals surface area contributed by atoms with Gasteiger partial charge in [0.25, 0.3) is 5.67 Å². The zero-order valence-electron chi connectivity index (χ0n) is 16.4. The van der Waals surface area contributed by atoms with E-state index in [-0.39, 0.29) is 17.5 Å². The van der Waals surface area contributed by atoms with E-state index in [1.54, 1.807) is 0 Å². The number of esters is 1. The van der Waals surface area contributed by atoms with Gasteiger partial charge in [0.2, 0.25) is 0 Å². The van der Waals surface area contributed by atoms with Crippen molar-refractivity contribution in [3.8, 4) is 0 Å². The number of halogens is 5. The molecule has 0 aromatic heterocycles. The van der Waals surface area contributed by atoms with E-state index in [4.69, 9.17) is 4.74 Å². The quantitative estimate of drug-likeness (QED) is 0.405. The van der Waals surface area contributed by atoms with Crippen molar-refractivity contribution >= 4 is 5.97 Å². The van der Waals surface area contributed by atoms with Crippen LogP contribution < -0.4 is 0 Å². The third-order valence-electron chi connectivity index (χ3n) is 6.95. The molecule has 162 valence electrons. The number of alkyl halides is 1. The highest BCUT2D eigenvalue weighted by atomic mass is 19.2. The predicted octanol–water partition coefficient (Wildman–Crippen LogP) is 4.40. The molecule has 0 bridgehead atoms. The lowest BCUT2D eigenvalue weighted by molar-refractivity contribution is -0.161. The Morgan fingerprint density at radius 3 is 2.06 bits per heavy atom. The molecule has 31 heavy (non-hydrogen) atoms. The van der Waals surface area contributed by atoms with Crippen molar-refractivity contribution in [2.24, 2.45) is 5.41 Å². The largest absolute Gasteiger partial charge is 0.459 e. The highest BCUT2D eigenvalue weighted by molar-refractivity contribution is 5.86. The highest BCUT2D eigenvalue weighted by Crippen LogP contribution is 2.60. The van der Waals surface area contributed by atoms with Gasteiger partial charge in [0.05, 0.1) is 0 Å². The molecule has 2 aliphatic carbocycles. The van der Waals surface area contributed by atoms with E-state index in [9.17, 15) is 22.4 Å². The van der Waals surface area contributed by atoms with Crippen LogP contribution in [0.15, 0.2) is 48.6 Å². The van der Waals surface area contributed by atoms with Crippen molar-refractivity contribution < 1.29 is 31.5 Å². The first-order chi connectivity index (χ1) is 14.7. The van der Waals surface area contributed by atoms with Gasteiger partial charge >= 0.3 is 5.97 Å². The molecule has 1 heterocycles. The molecule has 1 spiro atoms. The molecule has 1 saturated carbocycles. The molecule has 0 radical (unpaired) electrons. The second-order valence-electron chi connectivity index (χ2n) is 8.48. The monoisotopic (exact) mass is 435 g/mol. The van der Waals surface area contributed by atoms with Gasteiger partial charge < -0.3 is 4.74 Å².